The molecule has 3 heterocycles. The molecule has 0 unspecified atom stereocenters. The first kappa shape index (κ1) is 22.7. The zero-order valence-corrected chi connectivity index (χ0v) is 19.8. The summed E-state index contributed by atoms with van der Waals surface area (Å²) in [4.78, 5) is 41.8. The van der Waals surface area contributed by atoms with Gasteiger partial charge in [-0.25, -0.2) is 0 Å². The number of fused-ring (bicyclic) bond motifs is 1. The number of para-hydroxylation sites is 1. The van der Waals surface area contributed by atoms with E-state index in [0.29, 0.717) is 41.8 Å². The summed E-state index contributed by atoms with van der Waals surface area (Å²) < 4.78 is 7.23. The molecule has 3 aromatic rings. The molecule has 174 valence electrons. The van der Waals surface area contributed by atoms with Gasteiger partial charge in [0.2, 0.25) is 5.91 Å². The Balaban J connectivity index is 1.41. The van der Waals surface area contributed by atoms with Crippen LogP contribution in [-0.2, 0) is 27.4 Å². The molecule has 1 aromatic heterocycles. The van der Waals surface area contributed by atoms with Gasteiger partial charge < -0.3 is 14.2 Å². The van der Waals surface area contributed by atoms with Gasteiger partial charge in [-0.05, 0) is 35.5 Å². The molecular formula is C25H22ClN3O4S. The Hall–Kier alpha value is -3.07. The van der Waals surface area contributed by atoms with Crippen LogP contribution in [0.2, 0.25) is 5.02 Å². The highest BCUT2D eigenvalue weighted by Crippen LogP contribution is 2.35. The second-order valence-electron chi connectivity index (χ2n) is 8.08. The maximum absolute atomic E-state index is 13.1. The number of benzene rings is 2. The molecule has 3 amide bonds. The number of amides is 3. The first-order chi connectivity index (χ1) is 16.5. The summed E-state index contributed by atoms with van der Waals surface area (Å²) in [6.07, 6.45) is 3.60. The summed E-state index contributed by atoms with van der Waals surface area (Å²) >= 11 is 7.13. The highest BCUT2D eigenvalue weighted by Gasteiger charge is 2.35. The minimum Gasteiger partial charge on any atom is -0.378 e. The van der Waals surface area contributed by atoms with E-state index >= 15 is 0 Å². The van der Waals surface area contributed by atoms with Crippen LogP contribution in [0.4, 0.5) is 4.79 Å². The summed E-state index contributed by atoms with van der Waals surface area (Å²) in [5.74, 6) is -0.327. The average molecular weight is 496 g/mol. The lowest BCUT2D eigenvalue weighted by Crippen LogP contribution is -2.42. The summed E-state index contributed by atoms with van der Waals surface area (Å²) in [6.45, 7) is 2.59. The third kappa shape index (κ3) is 4.49. The predicted molar refractivity (Wildman–Crippen MR) is 132 cm³/mol. The van der Waals surface area contributed by atoms with Gasteiger partial charge in [-0.15, -0.1) is 0 Å². The fourth-order valence-corrected chi connectivity index (χ4v) is 5.18. The van der Waals surface area contributed by atoms with Gasteiger partial charge in [-0.3, -0.25) is 19.3 Å². The van der Waals surface area contributed by atoms with Crippen LogP contribution in [0.25, 0.3) is 17.0 Å². The Kier molecular flexibility index (Phi) is 6.45. The van der Waals surface area contributed by atoms with Gasteiger partial charge in [0.1, 0.15) is 6.54 Å². The van der Waals surface area contributed by atoms with Crippen LogP contribution in [0.5, 0.6) is 0 Å². The van der Waals surface area contributed by atoms with Crippen LogP contribution in [0.15, 0.2) is 59.6 Å². The second-order valence-corrected chi connectivity index (χ2v) is 9.48. The van der Waals surface area contributed by atoms with E-state index in [0.717, 1.165) is 28.2 Å². The molecule has 2 aliphatic rings. The van der Waals surface area contributed by atoms with Gasteiger partial charge in [-0.2, -0.15) is 0 Å². The van der Waals surface area contributed by atoms with Crippen LogP contribution in [0.3, 0.4) is 0 Å². The van der Waals surface area contributed by atoms with E-state index in [1.807, 2.05) is 41.1 Å². The number of hydrogen-bond donors (Lipinski definition) is 0. The molecule has 2 aromatic carbocycles. The Labute approximate surface area is 205 Å². The lowest BCUT2D eigenvalue weighted by atomic mass is 10.1. The molecule has 5 rings (SSSR count). The van der Waals surface area contributed by atoms with Crippen LogP contribution in [0, 0.1) is 0 Å². The highest BCUT2D eigenvalue weighted by atomic mass is 35.5. The lowest BCUT2D eigenvalue weighted by Gasteiger charge is -2.27. The zero-order chi connectivity index (χ0) is 23.7. The first-order valence-electron chi connectivity index (χ1n) is 10.9. The SMILES string of the molecule is O=C(Cn1cc(/C=C2\SC(=O)N(Cc3ccccc3Cl)C2=O)c2ccccc21)N1CCOCC1. The van der Waals surface area contributed by atoms with E-state index in [1.165, 1.54) is 4.90 Å². The molecule has 2 aliphatic heterocycles. The van der Waals surface area contributed by atoms with Crippen molar-refractivity contribution >= 4 is 57.4 Å². The number of rotatable bonds is 5. The third-order valence-corrected chi connectivity index (χ3v) is 7.21. The number of aromatic nitrogens is 1. The van der Waals surface area contributed by atoms with Crippen molar-refractivity contribution in [2.45, 2.75) is 13.1 Å². The van der Waals surface area contributed by atoms with Gasteiger partial charge >= 0.3 is 0 Å². The standard InChI is InChI=1S/C25H22ClN3O4S/c26-20-7-3-1-5-17(20)15-29-24(31)22(34-25(29)32)13-18-14-28(21-8-4-2-6-19(18)21)16-23(30)27-9-11-33-12-10-27/h1-8,13-14H,9-12,15-16H2/b22-13-. The van der Waals surface area contributed by atoms with Gasteiger partial charge in [0.15, 0.2) is 0 Å². The second kappa shape index (κ2) is 9.66. The molecule has 0 N–H and O–H groups in total. The number of carbonyl (C=O) groups is 3. The quantitative estimate of drug-likeness (QED) is 0.491. The van der Waals surface area contributed by atoms with Crippen LogP contribution in [0.1, 0.15) is 11.1 Å². The Morgan fingerprint density at radius 1 is 1.06 bits per heavy atom. The summed E-state index contributed by atoms with van der Waals surface area (Å²) in [7, 11) is 0. The predicted octanol–water partition coefficient (Wildman–Crippen LogP) is 4.39. The van der Waals surface area contributed by atoms with E-state index in [1.54, 1.807) is 29.2 Å². The molecule has 0 atom stereocenters. The fraction of sp³-hybridized carbons (Fsp3) is 0.240. The molecule has 0 bridgehead atoms. The lowest BCUT2D eigenvalue weighted by molar-refractivity contribution is -0.135. The molecule has 0 spiro atoms. The topological polar surface area (TPSA) is 71.9 Å². The molecule has 0 saturated carbocycles. The van der Waals surface area contributed by atoms with Crippen molar-refractivity contribution in [3.8, 4) is 0 Å². The molecule has 0 radical (unpaired) electrons. The largest absolute Gasteiger partial charge is 0.378 e. The van der Waals surface area contributed by atoms with Gasteiger partial charge in [-0.1, -0.05) is 48.0 Å². The first-order valence-corrected chi connectivity index (χ1v) is 12.1. The minimum atomic E-state index is -0.351. The number of morpholine rings is 1. The molecule has 34 heavy (non-hydrogen) atoms. The maximum atomic E-state index is 13.1. The zero-order valence-electron chi connectivity index (χ0n) is 18.3. The molecule has 0 aliphatic carbocycles. The van der Waals surface area contributed by atoms with Crippen LogP contribution >= 0.6 is 23.4 Å². The van der Waals surface area contributed by atoms with Gasteiger partial charge in [0.05, 0.1) is 24.7 Å². The van der Waals surface area contributed by atoms with E-state index in [4.69, 9.17) is 16.3 Å². The Morgan fingerprint density at radius 3 is 2.59 bits per heavy atom. The van der Waals surface area contributed by atoms with Crippen LogP contribution < -0.4 is 0 Å². The molecule has 2 fully saturated rings. The highest BCUT2D eigenvalue weighted by molar-refractivity contribution is 8.18. The van der Waals surface area contributed by atoms with Crippen molar-refractivity contribution in [1.29, 1.82) is 0 Å². The van der Waals surface area contributed by atoms with Crippen molar-refractivity contribution in [3.63, 3.8) is 0 Å². The number of imide groups is 1. The number of hydrogen-bond acceptors (Lipinski definition) is 5. The Bertz CT molecular complexity index is 1310. The molecule has 2 saturated heterocycles. The number of halogens is 1. The monoisotopic (exact) mass is 495 g/mol. The average Bonchev–Trinajstić information content (AvgIpc) is 3.33. The smallest absolute Gasteiger partial charge is 0.293 e. The van der Waals surface area contributed by atoms with Crippen molar-refractivity contribution in [1.82, 2.24) is 14.4 Å². The third-order valence-electron chi connectivity index (χ3n) is 5.94. The van der Waals surface area contributed by atoms with Crippen molar-refractivity contribution in [2.75, 3.05) is 26.3 Å². The maximum Gasteiger partial charge on any atom is 0.293 e. The molecule has 7 nitrogen and oxygen atoms in total. The minimum absolute atomic E-state index is 0.0238. The number of ether oxygens (including phenoxy) is 1. The van der Waals surface area contributed by atoms with Crippen molar-refractivity contribution in [3.05, 3.63) is 75.8 Å². The summed E-state index contributed by atoms with van der Waals surface area (Å²) in [5, 5.41) is 1.09. The molecular weight excluding hydrogens is 474 g/mol. The Morgan fingerprint density at radius 2 is 1.79 bits per heavy atom. The summed E-state index contributed by atoms with van der Waals surface area (Å²) in [5.41, 5.74) is 2.39. The number of carbonyl (C=O) groups excluding carboxylic acids is 3. The van der Waals surface area contributed by atoms with Gasteiger partial charge in [0, 0.05) is 40.8 Å². The summed E-state index contributed by atoms with van der Waals surface area (Å²) in [6, 6.07) is 14.9. The van der Waals surface area contributed by atoms with E-state index in [-0.39, 0.29) is 30.1 Å². The fourth-order valence-electron chi connectivity index (χ4n) is 4.15. The van der Waals surface area contributed by atoms with E-state index < -0.39 is 0 Å². The van der Waals surface area contributed by atoms with E-state index in [2.05, 4.69) is 0 Å². The molecule has 9 heteroatoms. The number of thioether (sulfide) groups is 1. The van der Waals surface area contributed by atoms with Crippen molar-refractivity contribution in [2.24, 2.45) is 0 Å². The van der Waals surface area contributed by atoms with Crippen molar-refractivity contribution < 1.29 is 19.1 Å². The van der Waals surface area contributed by atoms with Crippen LogP contribution in [-0.4, -0.2) is 57.7 Å². The van der Waals surface area contributed by atoms with Gasteiger partial charge in [0.25, 0.3) is 11.1 Å². The number of nitrogens with zero attached hydrogens (tertiary/aromatic N) is 3. The van der Waals surface area contributed by atoms with E-state index in [9.17, 15) is 14.4 Å². The normalized spacial score (nSPS) is 17.9.